The quantitative estimate of drug-likeness (QED) is 0.808. The Hall–Kier alpha value is -1.36. The number of carbonyl (C=O) groups excluding carboxylic acids is 1. The highest BCUT2D eigenvalue weighted by molar-refractivity contribution is 7.09. The van der Waals surface area contributed by atoms with Crippen molar-refractivity contribution in [2.24, 2.45) is 0 Å². The van der Waals surface area contributed by atoms with Gasteiger partial charge in [0, 0.05) is 17.1 Å². The lowest BCUT2D eigenvalue weighted by molar-refractivity contribution is -0.122. The van der Waals surface area contributed by atoms with Crippen molar-refractivity contribution in [1.29, 1.82) is 0 Å². The van der Waals surface area contributed by atoms with Gasteiger partial charge >= 0.3 is 0 Å². The maximum Gasteiger partial charge on any atom is 0.241 e. The van der Waals surface area contributed by atoms with E-state index in [4.69, 9.17) is 0 Å². The van der Waals surface area contributed by atoms with Crippen molar-refractivity contribution in [3.8, 4) is 0 Å². The van der Waals surface area contributed by atoms with Gasteiger partial charge < -0.3 is 5.32 Å². The van der Waals surface area contributed by atoms with Gasteiger partial charge in [-0.15, -0.1) is 23.7 Å². The van der Waals surface area contributed by atoms with Gasteiger partial charge in [-0.1, -0.05) is 30.7 Å². The predicted molar refractivity (Wildman–Crippen MR) is 109 cm³/mol. The Balaban J connectivity index is 0.00000225. The number of aryl methyl sites for hydroxylation is 2. The molecule has 0 aliphatic carbocycles. The smallest absolute Gasteiger partial charge is 0.241 e. The van der Waals surface area contributed by atoms with E-state index in [9.17, 15) is 4.79 Å². The number of carbonyl (C=O) groups is 1. The number of nitrogens with zero attached hydrogens (tertiary/aromatic N) is 1. The Kier molecular flexibility index (Phi) is 7.48. The highest BCUT2D eigenvalue weighted by Crippen LogP contribution is 2.23. The van der Waals surface area contributed by atoms with Crippen molar-refractivity contribution in [3.63, 3.8) is 0 Å². The molecular formula is C20H27ClN2OS. The fourth-order valence-corrected chi connectivity index (χ4v) is 4.18. The van der Waals surface area contributed by atoms with E-state index in [0.29, 0.717) is 0 Å². The number of halogens is 1. The average Bonchev–Trinajstić information content (AvgIpc) is 3.10. The maximum absolute atomic E-state index is 12.9. The van der Waals surface area contributed by atoms with Crippen molar-refractivity contribution in [1.82, 2.24) is 4.90 Å². The van der Waals surface area contributed by atoms with Crippen LogP contribution in [-0.4, -0.2) is 29.9 Å². The van der Waals surface area contributed by atoms with E-state index in [2.05, 4.69) is 53.7 Å². The Morgan fingerprint density at radius 2 is 1.96 bits per heavy atom. The van der Waals surface area contributed by atoms with Crippen LogP contribution in [0.5, 0.6) is 0 Å². The number of para-hydroxylation sites is 1. The fourth-order valence-electron chi connectivity index (χ4n) is 3.48. The molecule has 2 aromatic rings. The van der Waals surface area contributed by atoms with Crippen molar-refractivity contribution in [2.75, 3.05) is 18.4 Å². The zero-order chi connectivity index (χ0) is 16.9. The SMILES string of the molecule is Cc1cccc(C)c1NC(=O)[C@@H]1CCCCN1CCc1cccs1.Cl. The molecule has 0 spiro atoms. The Bertz CT molecular complexity index is 667. The van der Waals surface area contributed by atoms with E-state index >= 15 is 0 Å². The van der Waals surface area contributed by atoms with E-state index < -0.39 is 0 Å². The molecule has 1 atom stereocenters. The third-order valence-corrected chi connectivity index (χ3v) is 5.81. The molecule has 1 aliphatic heterocycles. The monoisotopic (exact) mass is 378 g/mol. The molecule has 3 rings (SSSR count). The minimum absolute atomic E-state index is 0. The summed E-state index contributed by atoms with van der Waals surface area (Å²) in [7, 11) is 0. The predicted octanol–water partition coefficient (Wildman–Crippen LogP) is 4.82. The molecule has 1 saturated heterocycles. The zero-order valence-electron chi connectivity index (χ0n) is 15.0. The first-order valence-electron chi connectivity index (χ1n) is 8.78. The number of rotatable bonds is 5. The Morgan fingerprint density at radius 3 is 2.64 bits per heavy atom. The number of hydrogen-bond donors (Lipinski definition) is 1. The van der Waals surface area contributed by atoms with E-state index in [1.54, 1.807) is 11.3 Å². The molecule has 2 heterocycles. The highest BCUT2D eigenvalue weighted by atomic mass is 35.5. The summed E-state index contributed by atoms with van der Waals surface area (Å²) in [5.41, 5.74) is 3.24. The van der Waals surface area contributed by atoms with Crippen LogP contribution in [0.2, 0.25) is 0 Å². The van der Waals surface area contributed by atoms with Crippen LogP contribution in [0.3, 0.4) is 0 Å². The van der Waals surface area contributed by atoms with Gasteiger partial charge in [-0.25, -0.2) is 0 Å². The summed E-state index contributed by atoms with van der Waals surface area (Å²) < 4.78 is 0. The van der Waals surface area contributed by atoms with Gasteiger partial charge in [0.15, 0.2) is 0 Å². The summed E-state index contributed by atoms with van der Waals surface area (Å²) in [5, 5.41) is 5.32. The summed E-state index contributed by atoms with van der Waals surface area (Å²) >= 11 is 1.80. The first-order chi connectivity index (χ1) is 11.6. The van der Waals surface area contributed by atoms with E-state index in [-0.39, 0.29) is 24.4 Å². The Morgan fingerprint density at radius 1 is 1.20 bits per heavy atom. The van der Waals surface area contributed by atoms with Crippen molar-refractivity contribution in [2.45, 2.75) is 45.6 Å². The van der Waals surface area contributed by atoms with E-state index in [0.717, 1.165) is 49.2 Å². The molecule has 1 N–H and O–H groups in total. The molecule has 1 aliphatic rings. The van der Waals surface area contributed by atoms with Crippen LogP contribution in [-0.2, 0) is 11.2 Å². The molecule has 0 saturated carbocycles. The molecule has 25 heavy (non-hydrogen) atoms. The second kappa shape index (κ2) is 9.37. The van der Waals surface area contributed by atoms with Crippen LogP contribution in [0.15, 0.2) is 35.7 Å². The molecule has 3 nitrogen and oxygen atoms in total. The molecule has 1 fully saturated rings. The second-order valence-corrected chi connectivity index (χ2v) is 7.67. The van der Waals surface area contributed by atoms with Crippen molar-refractivity contribution in [3.05, 3.63) is 51.7 Å². The molecule has 1 amide bonds. The lowest BCUT2D eigenvalue weighted by Gasteiger charge is -2.34. The summed E-state index contributed by atoms with van der Waals surface area (Å²) in [6, 6.07) is 10.4. The minimum atomic E-state index is -0.00211. The van der Waals surface area contributed by atoms with Gasteiger partial charge in [-0.3, -0.25) is 9.69 Å². The van der Waals surface area contributed by atoms with Crippen LogP contribution >= 0.6 is 23.7 Å². The van der Waals surface area contributed by atoms with Gasteiger partial charge in [-0.05, 0) is 62.2 Å². The largest absolute Gasteiger partial charge is 0.324 e. The van der Waals surface area contributed by atoms with E-state index in [1.165, 1.54) is 11.3 Å². The summed E-state index contributed by atoms with van der Waals surface area (Å²) in [6.07, 6.45) is 4.32. The molecule has 0 unspecified atom stereocenters. The number of thiophene rings is 1. The van der Waals surface area contributed by atoms with Crippen LogP contribution in [0, 0.1) is 13.8 Å². The standard InChI is InChI=1S/C20H26N2OS.ClH/c1-15-7-5-8-16(2)19(15)21-20(23)18-10-3-4-12-22(18)13-11-17-9-6-14-24-17;/h5-9,14,18H,3-4,10-13H2,1-2H3,(H,21,23);1H/t18-;/m0./s1. The van der Waals surface area contributed by atoms with Crippen LogP contribution in [0.4, 0.5) is 5.69 Å². The topological polar surface area (TPSA) is 32.3 Å². The van der Waals surface area contributed by atoms with Gasteiger partial charge in [0.05, 0.1) is 6.04 Å². The van der Waals surface area contributed by atoms with Crippen molar-refractivity contribution >= 4 is 35.3 Å². The lowest BCUT2D eigenvalue weighted by Crippen LogP contribution is -2.47. The second-order valence-electron chi connectivity index (χ2n) is 6.63. The van der Waals surface area contributed by atoms with E-state index in [1.807, 2.05) is 6.07 Å². The molecule has 1 aromatic carbocycles. The first kappa shape index (κ1) is 20.0. The maximum atomic E-state index is 12.9. The minimum Gasteiger partial charge on any atom is -0.324 e. The number of hydrogen-bond acceptors (Lipinski definition) is 3. The van der Waals surface area contributed by atoms with Gasteiger partial charge in [-0.2, -0.15) is 0 Å². The number of likely N-dealkylation sites (tertiary alicyclic amines) is 1. The summed E-state index contributed by atoms with van der Waals surface area (Å²) in [4.78, 5) is 16.7. The third-order valence-electron chi connectivity index (χ3n) is 4.87. The average molecular weight is 379 g/mol. The fraction of sp³-hybridized carbons (Fsp3) is 0.450. The highest BCUT2D eigenvalue weighted by Gasteiger charge is 2.28. The number of anilines is 1. The molecule has 0 bridgehead atoms. The molecule has 136 valence electrons. The number of amides is 1. The summed E-state index contributed by atoms with van der Waals surface area (Å²) in [6.45, 7) is 6.09. The number of benzene rings is 1. The summed E-state index contributed by atoms with van der Waals surface area (Å²) in [5.74, 6) is 0.151. The third kappa shape index (κ3) is 5.06. The zero-order valence-corrected chi connectivity index (χ0v) is 16.6. The first-order valence-corrected chi connectivity index (χ1v) is 9.66. The lowest BCUT2D eigenvalue weighted by atomic mass is 10.00. The van der Waals surface area contributed by atoms with Crippen LogP contribution in [0.1, 0.15) is 35.3 Å². The van der Waals surface area contributed by atoms with Crippen LogP contribution < -0.4 is 5.32 Å². The molecule has 1 aromatic heterocycles. The molecular weight excluding hydrogens is 352 g/mol. The van der Waals surface area contributed by atoms with Gasteiger partial charge in [0.2, 0.25) is 5.91 Å². The Labute approximate surface area is 160 Å². The van der Waals surface area contributed by atoms with Crippen LogP contribution in [0.25, 0.3) is 0 Å². The van der Waals surface area contributed by atoms with Crippen molar-refractivity contribution < 1.29 is 4.79 Å². The van der Waals surface area contributed by atoms with Gasteiger partial charge in [0.25, 0.3) is 0 Å². The molecule has 5 heteroatoms. The van der Waals surface area contributed by atoms with Gasteiger partial charge in [0.1, 0.15) is 0 Å². The molecule has 0 radical (unpaired) electrons. The number of nitrogens with one attached hydrogen (secondary N) is 1. The normalized spacial score (nSPS) is 17.8. The number of piperidine rings is 1.